The number of ether oxygens (including phenoxy) is 1. The van der Waals surface area contributed by atoms with Crippen LogP contribution in [0.1, 0.15) is 34.1 Å². The summed E-state index contributed by atoms with van der Waals surface area (Å²) < 4.78 is 30.7. The van der Waals surface area contributed by atoms with Gasteiger partial charge in [-0.3, -0.25) is 0 Å². The van der Waals surface area contributed by atoms with Crippen molar-refractivity contribution in [2.24, 2.45) is 5.73 Å². The third-order valence-electron chi connectivity index (χ3n) is 4.22. The second-order valence-electron chi connectivity index (χ2n) is 6.50. The minimum absolute atomic E-state index is 0.158. The van der Waals surface area contributed by atoms with Crippen molar-refractivity contribution in [1.29, 1.82) is 0 Å². The van der Waals surface area contributed by atoms with Gasteiger partial charge >= 0.3 is 7.12 Å². The van der Waals surface area contributed by atoms with Crippen molar-refractivity contribution >= 4 is 18.7 Å². The molecule has 0 saturated carbocycles. The molecule has 0 bridgehead atoms. The first-order chi connectivity index (χ1) is 10.1. The van der Waals surface area contributed by atoms with Crippen LogP contribution in [-0.4, -0.2) is 30.9 Å². The minimum atomic E-state index is -0.497. The highest BCUT2D eigenvalue weighted by molar-refractivity contribution is 6.47. The first kappa shape index (κ1) is 17.5. The molecule has 0 amide bonds. The fourth-order valence-corrected chi connectivity index (χ4v) is 2.26. The van der Waals surface area contributed by atoms with Gasteiger partial charge in [0.25, 0.3) is 0 Å². The molecule has 1 aromatic rings. The molecular weight excluding hydrogens is 307 g/mol. The fraction of sp³-hybridized carbons (Fsp3) is 0.600. The van der Waals surface area contributed by atoms with Crippen LogP contribution in [0.3, 0.4) is 0 Å². The molecule has 0 spiro atoms. The highest BCUT2D eigenvalue weighted by atomic mass is 35.5. The molecular formula is C15H22BClFNO3. The number of rotatable bonds is 5. The zero-order chi connectivity index (χ0) is 16.5. The monoisotopic (exact) mass is 329 g/mol. The lowest BCUT2D eigenvalue weighted by Crippen LogP contribution is -2.42. The van der Waals surface area contributed by atoms with Crippen molar-refractivity contribution < 1.29 is 18.4 Å². The maximum absolute atomic E-state index is 13.6. The van der Waals surface area contributed by atoms with E-state index in [0.717, 1.165) is 0 Å². The predicted octanol–water partition coefficient (Wildman–Crippen LogP) is 3.21. The number of halogens is 2. The lowest BCUT2D eigenvalue weighted by atomic mass is 9.77. The molecule has 0 unspecified atom stereocenters. The van der Waals surface area contributed by atoms with Crippen LogP contribution >= 0.6 is 11.6 Å². The summed E-state index contributed by atoms with van der Waals surface area (Å²) in [5, 5.41) is 0.332. The first-order valence-corrected chi connectivity index (χ1v) is 7.69. The van der Waals surface area contributed by atoms with Gasteiger partial charge in [-0.1, -0.05) is 11.6 Å². The Morgan fingerprint density at radius 3 is 2.41 bits per heavy atom. The van der Waals surface area contributed by atoms with E-state index >= 15 is 0 Å². The number of nitrogens with two attached hydrogens (primary N) is 1. The maximum Gasteiger partial charge on any atom is 0.475 e. The van der Waals surface area contributed by atoms with Gasteiger partial charge in [-0.15, -0.1) is 0 Å². The highest BCUT2D eigenvalue weighted by Crippen LogP contribution is 2.37. The molecule has 1 aliphatic rings. The molecule has 0 radical (unpaired) electrons. The van der Waals surface area contributed by atoms with Crippen LogP contribution in [0.2, 0.25) is 5.02 Å². The maximum atomic E-state index is 13.6. The first-order valence-electron chi connectivity index (χ1n) is 7.31. The van der Waals surface area contributed by atoms with E-state index in [2.05, 4.69) is 0 Å². The van der Waals surface area contributed by atoms with E-state index in [1.807, 2.05) is 27.7 Å². The Morgan fingerprint density at radius 1 is 1.27 bits per heavy atom. The van der Waals surface area contributed by atoms with Crippen LogP contribution in [0.25, 0.3) is 0 Å². The van der Waals surface area contributed by atoms with E-state index < -0.39 is 24.1 Å². The molecule has 0 aliphatic carbocycles. The van der Waals surface area contributed by atoms with E-state index in [-0.39, 0.29) is 18.3 Å². The molecule has 1 atom stereocenters. The number of hydrogen-bond acceptors (Lipinski definition) is 4. The largest absolute Gasteiger partial charge is 0.490 e. The van der Waals surface area contributed by atoms with Gasteiger partial charge in [0.15, 0.2) is 11.6 Å². The van der Waals surface area contributed by atoms with Gasteiger partial charge in [-0.05, 0) is 52.3 Å². The predicted molar refractivity (Wildman–Crippen MR) is 85.6 cm³/mol. The van der Waals surface area contributed by atoms with Crippen LogP contribution in [0.5, 0.6) is 5.75 Å². The molecule has 122 valence electrons. The fourth-order valence-electron chi connectivity index (χ4n) is 2.10. The number of hydrogen-bond donors (Lipinski definition) is 1. The Hall–Kier alpha value is -0.815. The SMILES string of the molecule is CC1(C)OB([C@@H](N)CCOc2ccc(Cl)cc2F)OC1(C)C. The lowest BCUT2D eigenvalue weighted by Gasteiger charge is -2.32. The van der Waals surface area contributed by atoms with E-state index in [0.29, 0.717) is 11.4 Å². The summed E-state index contributed by atoms with van der Waals surface area (Å²) in [7, 11) is -0.497. The van der Waals surface area contributed by atoms with Crippen LogP contribution in [-0.2, 0) is 9.31 Å². The van der Waals surface area contributed by atoms with E-state index in [1.165, 1.54) is 12.1 Å². The Morgan fingerprint density at radius 2 is 1.86 bits per heavy atom. The summed E-state index contributed by atoms with van der Waals surface area (Å²) in [4.78, 5) is 0. The normalized spacial score (nSPS) is 21.0. The van der Waals surface area contributed by atoms with Crippen LogP contribution < -0.4 is 10.5 Å². The smallest absolute Gasteiger partial charge is 0.475 e. The van der Waals surface area contributed by atoms with Gasteiger partial charge < -0.3 is 19.8 Å². The molecule has 22 heavy (non-hydrogen) atoms. The van der Waals surface area contributed by atoms with Gasteiger partial charge in [0.05, 0.1) is 17.8 Å². The Labute approximate surface area is 136 Å². The summed E-state index contributed by atoms with van der Waals surface area (Å²) in [6.07, 6.45) is 0.485. The van der Waals surface area contributed by atoms with E-state index in [4.69, 9.17) is 31.4 Å². The molecule has 1 heterocycles. The standard InChI is InChI=1S/C15H22BClFNO3/c1-14(2)15(3,4)22-16(21-14)13(19)7-8-20-12-6-5-10(17)9-11(12)18/h5-6,9,13H,7-8,19H2,1-4H3/t13-/m0/s1. The van der Waals surface area contributed by atoms with Gasteiger partial charge in [0.2, 0.25) is 0 Å². The zero-order valence-electron chi connectivity index (χ0n) is 13.4. The molecule has 1 aliphatic heterocycles. The highest BCUT2D eigenvalue weighted by Gasteiger charge is 2.52. The summed E-state index contributed by atoms with van der Waals surface area (Å²) in [5.41, 5.74) is 5.27. The molecule has 2 rings (SSSR count). The van der Waals surface area contributed by atoms with E-state index in [1.54, 1.807) is 6.07 Å². The van der Waals surface area contributed by atoms with Crippen LogP contribution in [0.4, 0.5) is 4.39 Å². The summed E-state index contributed by atoms with van der Waals surface area (Å²) in [5.74, 6) is -0.682. The average molecular weight is 330 g/mol. The average Bonchev–Trinajstić information content (AvgIpc) is 2.61. The molecule has 0 aromatic heterocycles. The van der Waals surface area contributed by atoms with Gasteiger partial charge in [0.1, 0.15) is 0 Å². The van der Waals surface area contributed by atoms with Crippen molar-refractivity contribution in [3.63, 3.8) is 0 Å². The molecule has 4 nitrogen and oxygen atoms in total. The third kappa shape index (κ3) is 3.74. The van der Waals surface area contributed by atoms with Crippen molar-refractivity contribution in [3.05, 3.63) is 29.0 Å². The topological polar surface area (TPSA) is 53.7 Å². The van der Waals surface area contributed by atoms with Crippen molar-refractivity contribution in [2.45, 2.75) is 51.3 Å². The second kappa shape index (κ2) is 6.36. The molecule has 2 N–H and O–H groups in total. The molecule has 1 aromatic carbocycles. The summed E-state index contributed by atoms with van der Waals surface area (Å²) in [6.45, 7) is 8.15. The zero-order valence-corrected chi connectivity index (χ0v) is 14.1. The van der Waals surface area contributed by atoms with Crippen molar-refractivity contribution in [1.82, 2.24) is 0 Å². The quantitative estimate of drug-likeness (QED) is 0.843. The summed E-state index contributed by atoms with van der Waals surface area (Å²) in [6, 6.07) is 4.29. The van der Waals surface area contributed by atoms with Crippen molar-refractivity contribution in [3.8, 4) is 5.75 Å². The third-order valence-corrected chi connectivity index (χ3v) is 4.46. The lowest BCUT2D eigenvalue weighted by molar-refractivity contribution is 0.00578. The van der Waals surface area contributed by atoms with Gasteiger partial charge in [0, 0.05) is 11.0 Å². The van der Waals surface area contributed by atoms with Gasteiger partial charge in [-0.25, -0.2) is 4.39 Å². The second-order valence-corrected chi connectivity index (χ2v) is 6.94. The Balaban J connectivity index is 1.85. The Bertz CT molecular complexity index is 526. The van der Waals surface area contributed by atoms with Crippen molar-refractivity contribution in [2.75, 3.05) is 6.61 Å². The molecule has 1 saturated heterocycles. The summed E-state index contributed by atoms with van der Waals surface area (Å²) >= 11 is 5.69. The molecule has 7 heteroatoms. The van der Waals surface area contributed by atoms with Crippen LogP contribution in [0.15, 0.2) is 18.2 Å². The Kier molecular flexibility index (Phi) is 5.07. The minimum Gasteiger partial charge on any atom is -0.490 e. The van der Waals surface area contributed by atoms with Crippen LogP contribution in [0, 0.1) is 5.82 Å². The number of benzene rings is 1. The molecule has 1 fully saturated rings. The van der Waals surface area contributed by atoms with Gasteiger partial charge in [-0.2, -0.15) is 0 Å². The van der Waals surface area contributed by atoms with E-state index in [9.17, 15) is 4.39 Å².